The summed E-state index contributed by atoms with van der Waals surface area (Å²) in [4.78, 5) is 16.5. The van der Waals surface area contributed by atoms with Gasteiger partial charge in [-0.15, -0.1) is 11.8 Å². The minimum atomic E-state index is -0.117. The maximum atomic E-state index is 12.0. The third-order valence-electron chi connectivity index (χ3n) is 3.31. The average molecular weight is 360 g/mol. The number of nitrogens with one attached hydrogen (secondary N) is 1. The van der Waals surface area contributed by atoms with Gasteiger partial charge >= 0.3 is 0 Å². The number of para-hydroxylation sites is 1. The van der Waals surface area contributed by atoms with Crippen LogP contribution in [0.1, 0.15) is 37.4 Å². The van der Waals surface area contributed by atoms with E-state index in [2.05, 4.69) is 30.2 Å². The Morgan fingerprint density at radius 3 is 2.75 bits per heavy atom. The Bertz CT molecular complexity index is 771. The molecule has 1 aromatic heterocycles. The standard InChI is InChI=1S/C18H18ClN3OS/c1-12(2)15-8-7-13(11-20)18(22-15)24-10-9-17(23)21-16-6-4-3-5-14(16)19/h3-8,12H,9-10H2,1-2H3,(H,21,23). The van der Waals surface area contributed by atoms with Gasteiger partial charge in [-0.3, -0.25) is 4.79 Å². The fourth-order valence-corrected chi connectivity index (χ4v) is 3.09. The van der Waals surface area contributed by atoms with Gasteiger partial charge in [-0.1, -0.05) is 37.6 Å². The van der Waals surface area contributed by atoms with Crippen LogP contribution in [0.25, 0.3) is 0 Å². The molecule has 0 radical (unpaired) electrons. The maximum absolute atomic E-state index is 12.0. The number of amides is 1. The van der Waals surface area contributed by atoms with Crippen molar-refractivity contribution in [1.29, 1.82) is 5.26 Å². The molecule has 0 aliphatic rings. The van der Waals surface area contributed by atoms with E-state index in [0.717, 1.165) is 5.69 Å². The summed E-state index contributed by atoms with van der Waals surface area (Å²) in [6.07, 6.45) is 0.314. The molecule has 1 heterocycles. The molecule has 0 unspecified atom stereocenters. The van der Waals surface area contributed by atoms with Crippen LogP contribution < -0.4 is 5.32 Å². The molecular formula is C18H18ClN3OS. The lowest BCUT2D eigenvalue weighted by Gasteiger charge is -2.09. The first-order valence-electron chi connectivity index (χ1n) is 7.59. The molecule has 0 spiro atoms. The number of nitrogens with zero attached hydrogens (tertiary/aromatic N) is 2. The van der Waals surface area contributed by atoms with Crippen LogP contribution in [0.15, 0.2) is 41.4 Å². The van der Waals surface area contributed by atoms with Crippen molar-refractivity contribution in [3.63, 3.8) is 0 Å². The van der Waals surface area contributed by atoms with Gasteiger partial charge in [0.2, 0.25) is 5.91 Å². The molecule has 0 saturated heterocycles. The average Bonchev–Trinajstić information content (AvgIpc) is 2.56. The minimum Gasteiger partial charge on any atom is -0.325 e. The molecule has 2 rings (SSSR count). The Balaban J connectivity index is 1.94. The summed E-state index contributed by atoms with van der Waals surface area (Å²) in [5.41, 5.74) is 2.08. The SMILES string of the molecule is CC(C)c1ccc(C#N)c(SCCC(=O)Nc2ccccc2Cl)n1. The zero-order valence-electron chi connectivity index (χ0n) is 13.5. The van der Waals surface area contributed by atoms with Crippen molar-refractivity contribution in [2.24, 2.45) is 0 Å². The van der Waals surface area contributed by atoms with E-state index in [-0.39, 0.29) is 5.91 Å². The van der Waals surface area contributed by atoms with Gasteiger partial charge in [0.05, 0.1) is 16.3 Å². The summed E-state index contributed by atoms with van der Waals surface area (Å²) in [5.74, 6) is 0.717. The number of pyridine rings is 1. The predicted molar refractivity (Wildman–Crippen MR) is 98.5 cm³/mol. The molecule has 1 amide bonds. The number of hydrogen-bond acceptors (Lipinski definition) is 4. The molecule has 0 aliphatic heterocycles. The maximum Gasteiger partial charge on any atom is 0.225 e. The van der Waals surface area contributed by atoms with Crippen molar-refractivity contribution < 1.29 is 4.79 Å². The van der Waals surface area contributed by atoms with Crippen molar-refractivity contribution in [1.82, 2.24) is 4.98 Å². The van der Waals surface area contributed by atoms with Gasteiger partial charge in [0.25, 0.3) is 0 Å². The molecular weight excluding hydrogens is 342 g/mol. The minimum absolute atomic E-state index is 0.117. The van der Waals surface area contributed by atoms with E-state index in [4.69, 9.17) is 11.6 Å². The molecule has 0 aliphatic carbocycles. The third-order valence-corrected chi connectivity index (χ3v) is 4.63. The highest BCUT2D eigenvalue weighted by Gasteiger charge is 2.10. The first-order valence-corrected chi connectivity index (χ1v) is 8.96. The number of benzene rings is 1. The van der Waals surface area contributed by atoms with Crippen molar-refractivity contribution in [3.8, 4) is 6.07 Å². The summed E-state index contributed by atoms with van der Waals surface area (Å²) >= 11 is 7.44. The molecule has 1 aromatic carbocycles. The first kappa shape index (κ1) is 18.3. The van der Waals surface area contributed by atoms with Gasteiger partial charge < -0.3 is 5.32 Å². The molecule has 0 saturated carbocycles. The second kappa shape index (κ2) is 8.72. The van der Waals surface area contributed by atoms with Crippen LogP contribution in [-0.2, 0) is 4.79 Å². The monoisotopic (exact) mass is 359 g/mol. The summed E-state index contributed by atoms with van der Waals surface area (Å²) in [6, 6.07) is 12.9. The first-order chi connectivity index (χ1) is 11.5. The Labute approximate surface area is 151 Å². The number of hydrogen-bond donors (Lipinski definition) is 1. The van der Waals surface area contributed by atoms with E-state index in [1.54, 1.807) is 18.2 Å². The lowest BCUT2D eigenvalue weighted by molar-refractivity contribution is -0.115. The van der Waals surface area contributed by atoms with Crippen LogP contribution in [0.3, 0.4) is 0 Å². The highest BCUT2D eigenvalue weighted by Crippen LogP contribution is 2.25. The topological polar surface area (TPSA) is 65.8 Å². The van der Waals surface area contributed by atoms with E-state index in [9.17, 15) is 10.1 Å². The van der Waals surface area contributed by atoms with E-state index in [1.807, 2.05) is 18.2 Å². The fourth-order valence-electron chi connectivity index (χ4n) is 1.99. The Morgan fingerprint density at radius 1 is 1.33 bits per heavy atom. The molecule has 4 nitrogen and oxygen atoms in total. The Hall–Kier alpha value is -2.03. The second-order valence-corrected chi connectivity index (χ2v) is 6.97. The molecule has 6 heteroatoms. The molecule has 124 valence electrons. The Morgan fingerprint density at radius 2 is 2.08 bits per heavy atom. The van der Waals surface area contributed by atoms with Crippen molar-refractivity contribution in [2.45, 2.75) is 31.2 Å². The summed E-state index contributed by atoms with van der Waals surface area (Å²) < 4.78 is 0. The largest absolute Gasteiger partial charge is 0.325 e. The predicted octanol–water partition coefficient (Wildman–Crippen LogP) is 4.85. The van der Waals surface area contributed by atoms with Crippen molar-refractivity contribution in [2.75, 3.05) is 11.1 Å². The zero-order chi connectivity index (χ0) is 17.5. The number of thioether (sulfide) groups is 1. The van der Waals surface area contributed by atoms with Crippen molar-refractivity contribution in [3.05, 3.63) is 52.7 Å². The lowest BCUT2D eigenvalue weighted by Crippen LogP contribution is -2.12. The van der Waals surface area contributed by atoms with Gasteiger partial charge in [0, 0.05) is 17.9 Å². The van der Waals surface area contributed by atoms with E-state index in [1.165, 1.54) is 11.8 Å². The van der Waals surface area contributed by atoms with Gasteiger partial charge in [-0.25, -0.2) is 4.98 Å². The number of nitriles is 1. The number of anilines is 1. The molecule has 1 N–H and O–H groups in total. The van der Waals surface area contributed by atoms with Crippen LogP contribution >= 0.6 is 23.4 Å². The van der Waals surface area contributed by atoms with E-state index < -0.39 is 0 Å². The number of carbonyl (C=O) groups is 1. The van der Waals surface area contributed by atoms with Gasteiger partial charge in [0.15, 0.2) is 0 Å². The molecule has 0 bridgehead atoms. The van der Waals surface area contributed by atoms with Gasteiger partial charge in [0.1, 0.15) is 11.1 Å². The molecule has 2 aromatic rings. The zero-order valence-corrected chi connectivity index (χ0v) is 15.1. The quantitative estimate of drug-likeness (QED) is 0.748. The van der Waals surface area contributed by atoms with Crippen LogP contribution in [0.4, 0.5) is 5.69 Å². The number of aromatic nitrogens is 1. The van der Waals surface area contributed by atoms with Crippen LogP contribution in [0.5, 0.6) is 0 Å². The van der Waals surface area contributed by atoms with Gasteiger partial charge in [-0.2, -0.15) is 5.26 Å². The number of halogens is 1. The van der Waals surface area contributed by atoms with E-state index in [0.29, 0.717) is 39.4 Å². The summed E-state index contributed by atoms with van der Waals surface area (Å²) in [5, 5.41) is 13.2. The normalized spacial score (nSPS) is 10.5. The number of rotatable bonds is 6. The van der Waals surface area contributed by atoms with Crippen LogP contribution in [-0.4, -0.2) is 16.6 Å². The third kappa shape index (κ3) is 4.98. The van der Waals surface area contributed by atoms with Crippen molar-refractivity contribution >= 4 is 35.0 Å². The summed E-state index contributed by atoms with van der Waals surface area (Å²) in [6.45, 7) is 4.11. The molecule has 0 fully saturated rings. The van der Waals surface area contributed by atoms with Gasteiger partial charge in [-0.05, 0) is 30.2 Å². The summed E-state index contributed by atoms with van der Waals surface area (Å²) in [7, 11) is 0. The smallest absolute Gasteiger partial charge is 0.225 e. The Kier molecular flexibility index (Phi) is 6.65. The highest BCUT2D eigenvalue weighted by atomic mass is 35.5. The molecule has 24 heavy (non-hydrogen) atoms. The highest BCUT2D eigenvalue weighted by molar-refractivity contribution is 7.99. The van der Waals surface area contributed by atoms with Crippen LogP contribution in [0.2, 0.25) is 5.02 Å². The van der Waals surface area contributed by atoms with Crippen LogP contribution in [0, 0.1) is 11.3 Å². The number of carbonyl (C=O) groups excluding carboxylic acids is 1. The second-order valence-electron chi connectivity index (χ2n) is 5.48. The lowest BCUT2D eigenvalue weighted by atomic mass is 10.1. The molecule has 0 atom stereocenters. The van der Waals surface area contributed by atoms with E-state index >= 15 is 0 Å². The fraction of sp³-hybridized carbons (Fsp3) is 0.278.